The van der Waals surface area contributed by atoms with Gasteiger partial charge in [0.1, 0.15) is 23.0 Å². The molecule has 0 N–H and O–H groups in total. The number of rotatable bonds is 1. The fraction of sp³-hybridized carbons (Fsp3) is 0.346. The molecule has 152 valence electrons. The average molecular weight is 399 g/mol. The molecule has 0 bridgehead atoms. The minimum atomic E-state index is 0.673. The van der Waals surface area contributed by atoms with E-state index in [9.17, 15) is 5.26 Å². The van der Waals surface area contributed by atoms with Crippen LogP contribution in [0.15, 0.2) is 58.8 Å². The van der Waals surface area contributed by atoms with Crippen molar-refractivity contribution >= 4 is 11.3 Å². The highest BCUT2D eigenvalue weighted by Gasteiger charge is 2.30. The molecule has 0 saturated carbocycles. The summed E-state index contributed by atoms with van der Waals surface area (Å²) in [7, 11) is 0. The number of nitriles is 1. The van der Waals surface area contributed by atoms with Crippen LogP contribution in [0.4, 0.5) is 5.69 Å². The summed E-state index contributed by atoms with van der Waals surface area (Å²) in [5.41, 5.74) is 8.25. The number of nitrogens with zero attached hydrogens (tertiary/aromatic N) is 2. The summed E-state index contributed by atoms with van der Waals surface area (Å²) in [4.78, 5) is 2.54. The maximum Gasteiger partial charge on any atom is 0.140 e. The molecule has 4 aliphatic heterocycles. The highest BCUT2D eigenvalue weighted by molar-refractivity contribution is 5.81. The van der Waals surface area contributed by atoms with Crippen molar-refractivity contribution in [2.75, 3.05) is 18.0 Å². The van der Waals surface area contributed by atoms with E-state index < -0.39 is 0 Å². The van der Waals surface area contributed by atoms with Crippen molar-refractivity contribution in [1.29, 1.82) is 5.26 Å². The number of benzene rings is 1. The van der Waals surface area contributed by atoms with E-state index in [2.05, 4.69) is 30.0 Å². The summed E-state index contributed by atoms with van der Waals surface area (Å²) in [6.45, 7) is 8.18. The highest BCUT2D eigenvalue weighted by Crippen LogP contribution is 2.46. The van der Waals surface area contributed by atoms with Gasteiger partial charge in [-0.25, -0.2) is 0 Å². The lowest BCUT2D eigenvalue weighted by atomic mass is 9.86. The smallest absolute Gasteiger partial charge is 0.140 e. The standard InChI is InChI=1S/C26H26N2O2/c1-16-10-21(14-22-12-20(17(2)15-27)11-18(3)29-22)30-26-23-7-5-9-28-8-4-6-19(25(23)28)13-24(16)26/h10-14H,4-9H2,1-3H3/b20-17-,21-14+. The molecule has 4 nitrogen and oxygen atoms in total. The van der Waals surface area contributed by atoms with Crippen LogP contribution in [0.1, 0.15) is 50.3 Å². The summed E-state index contributed by atoms with van der Waals surface area (Å²) in [6, 6.07) is 4.56. The maximum absolute atomic E-state index is 9.25. The number of hydrogen-bond acceptors (Lipinski definition) is 4. The predicted octanol–water partition coefficient (Wildman–Crippen LogP) is 5.72. The van der Waals surface area contributed by atoms with Gasteiger partial charge in [0, 0.05) is 41.6 Å². The van der Waals surface area contributed by atoms with Gasteiger partial charge < -0.3 is 14.4 Å². The molecule has 0 radical (unpaired) electrons. The van der Waals surface area contributed by atoms with Crippen molar-refractivity contribution in [3.8, 4) is 11.8 Å². The Labute approximate surface area is 178 Å². The van der Waals surface area contributed by atoms with Crippen molar-refractivity contribution in [3.05, 3.63) is 75.5 Å². The quantitative estimate of drug-likeness (QED) is 0.567. The van der Waals surface area contributed by atoms with E-state index in [1.54, 1.807) is 0 Å². The Morgan fingerprint density at radius 2 is 1.90 bits per heavy atom. The Morgan fingerprint density at radius 1 is 1.10 bits per heavy atom. The van der Waals surface area contributed by atoms with Gasteiger partial charge in [0.2, 0.25) is 0 Å². The van der Waals surface area contributed by atoms with Gasteiger partial charge in [0.05, 0.1) is 6.07 Å². The molecule has 0 amide bonds. The molecular formula is C26H26N2O2. The third kappa shape index (κ3) is 3.15. The molecule has 0 unspecified atom stereocenters. The summed E-state index contributed by atoms with van der Waals surface area (Å²) >= 11 is 0. The molecule has 5 rings (SSSR count). The molecule has 0 saturated heterocycles. The molecule has 0 aliphatic carbocycles. The zero-order chi connectivity index (χ0) is 20.8. The molecule has 0 atom stereocenters. The second-order valence-electron chi connectivity index (χ2n) is 8.51. The third-order valence-electron chi connectivity index (χ3n) is 6.30. The lowest BCUT2D eigenvalue weighted by Crippen LogP contribution is -2.35. The van der Waals surface area contributed by atoms with Crippen LogP contribution in [-0.4, -0.2) is 13.1 Å². The first-order valence-corrected chi connectivity index (χ1v) is 10.7. The van der Waals surface area contributed by atoms with Gasteiger partial charge in [0.15, 0.2) is 0 Å². The normalized spacial score (nSPS) is 22.5. The van der Waals surface area contributed by atoms with E-state index in [0.717, 1.165) is 48.8 Å². The molecule has 0 fully saturated rings. The Hall–Kier alpha value is -3.19. The van der Waals surface area contributed by atoms with Crippen LogP contribution < -0.4 is 9.64 Å². The molecule has 1 aromatic rings. The third-order valence-corrected chi connectivity index (χ3v) is 6.30. The Kier molecular flexibility index (Phi) is 4.55. The number of anilines is 1. The molecule has 4 aliphatic rings. The number of fused-ring (bicyclic) bond motifs is 2. The second kappa shape index (κ2) is 7.25. The van der Waals surface area contributed by atoms with E-state index in [1.807, 2.05) is 32.1 Å². The van der Waals surface area contributed by atoms with E-state index in [4.69, 9.17) is 9.47 Å². The van der Waals surface area contributed by atoms with Crippen LogP contribution in [0.3, 0.4) is 0 Å². The van der Waals surface area contributed by atoms with Crippen molar-refractivity contribution in [2.45, 2.75) is 46.5 Å². The summed E-state index contributed by atoms with van der Waals surface area (Å²) in [5, 5.41) is 9.25. The Balaban J connectivity index is 1.56. The van der Waals surface area contributed by atoms with Crippen LogP contribution in [-0.2, 0) is 17.6 Å². The van der Waals surface area contributed by atoms with Crippen molar-refractivity contribution < 1.29 is 9.47 Å². The van der Waals surface area contributed by atoms with E-state index in [-0.39, 0.29) is 0 Å². The molecule has 4 heteroatoms. The first-order valence-electron chi connectivity index (χ1n) is 10.7. The first-order chi connectivity index (χ1) is 14.5. The number of allylic oxidation sites excluding steroid dienone is 8. The lowest BCUT2D eigenvalue weighted by Gasteiger charge is -2.39. The first kappa shape index (κ1) is 18.8. The van der Waals surface area contributed by atoms with Gasteiger partial charge >= 0.3 is 0 Å². The topological polar surface area (TPSA) is 45.5 Å². The molecule has 4 heterocycles. The molecule has 0 spiro atoms. The monoisotopic (exact) mass is 398 g/mol. The van der Waals surface area contributed by atoms with Gasteiger partial charge in [0.25, 0.3) is 0 Å². The van der Waals surface area contributed by atoms with Gasteiger partial charge in [-0.15, -0.1) is 0 Å². The van der Waals surface area contributed by atoms with Crippen molar-refractivity contribution in [3.63, 3.8) is 0 Å². The number of ether oxygens (including phenoxy) is 2. The predicted molar refractivity (Wildman–Crippen MR) is 119 cm³/mol. The van der Waals surface area contributed by atoms with Crippen LogP contribution >= 0.6 is 0 Å². The van der Waals surface area contributed by atoms with Gasteiger partial charge in [-0.3, -0.25) is 0 Å². The largest absolute Gasteiger partial charge is 0.462 e. The lowest BCUT2D eigenvalue weighted by molar-refractivity contribution is 0.313. The fourth-order valence-corrected chi connectivity index (χ4v) is 4.90. The Morgan fingerprint density at radius 3 is 2.70 bits per heavy atom. The Bertz CT molecular complexity index is 1140. The number of aryl methyl sites for hydroxylation is 1. The summed E-state index contributed by atoms with van der Waals surface area (Å²) in [5.74, 6) is 3.25. The van der Waals surface area contributed by atoms with Gasteiger partial charge in [-0.1, -0.05) is 0 Å². The molecule has 30 heavy (non-hydrogen) atoms. The molecular weight excluding hydrogens is 372 g/mol. The van der Waals surface area contributed by atoms with E-state index in [1.165, 1.54) is 40.8 Å². The van der Waals surface area contributed by atoms with Crippen molar-refractivity contribution in [2.24, 2.45) is 0 Å². The van der Waals surface area contributed by atoms with Gasteiger partial charge in [-0.05, 0) is 87.5 Å². The SMILES string of the molecule is CC1=C/C(=C(\C)C#N)C=C(/C=C2\C=C(C)c3cc4c5c(c3O2)CCCN5CCC4)O1. The fourth-order valence-electron chi connectivity index (χ4n) is 4.90. The minimum Gasteiger partial charge on any atom is -0.462 e. The summed E-state index contributed by atoms with van der Waals surface area (Å²) < 4.78 is 12.4. The minimum absolute atomic E-state index is 0.673. The van der Waals surface area contributed by atoms with Crippen LogP contribution in [0.5, 0.6) is 5.75 Å². The number of hydrogen-bond donors (Lipinski definition) is 0. The molecule has 0 aromatic heterocycles. The zero-order valence-corrected chi connectivity index (χ0v) is 17.8. The van der Waals surface area contributed by atoms with Crippen LogP contribution in [0.2, 0.25) is 0 Å². The second-order valence-corrected chi connectivity index (χ2v) is 8.51. The summed E-state index contributed by atoms with van der Waals surface area (Å²) in [6.07, 6.45) is 12.4. The van der Waals surface area contributed by atoms with Gasteiger partial charge in [-0.2, -0.15) is 5.26 Å². The van der Waals surface area contributed by atoms with Crippen LogP contribution in [0, 0.1) is 11.3 Å². The van der Waals surface area contributed by atoms with E-state index >= 15 is 0 Å². The maximum atomic E-state index is 9.25. The van der Waals surface area contributed by atoms with Crippen LogP contribution in [0.25, 0.3) is 5.57 Å². The average Bonchev–Trinajstić information content (AvgIpc) is 2.74. The zero-order valence-electron chi connectivity index (χ0n) is 17.8. The van der Waals surface area contributed by atoms with E-state index in [0.29, 0.717) is 11.3 Å². The highest BCUT2D eigenvalue weighted by atomic mass is 16.5. The molecule has 1 aromatic carbocycles. The van der Waals surface area contributed by atoms with Crippen molar-refractivity contribution in [1.82, 2.24) is 0 Å².